The number of rotatable bonds is 5. The van der Waals surface area contributed by atoms with Crippen LogP contribution in [0, 0.1) is 5.92 Å². The molecule has 19 heavy (non-hydrogen) atoms. The van der Waals surface area contributed by atoms with E-state index in [0.717, 1.165) is 17.7 Å². The predicted molar refractivity (Wildman–Crippen MR) is 69.9 cm³/mol. The quantitative estimate of drug-likeness (QED) is 0.832. The van der Waals surface area contributed by atoms with Crippen LogP contribution in [0.15, 0.2) is 24.3 Å². The molecule has 5 nitrogen and oxygen atoms in total. The molecule has 1 unspecified atom stereocenters. The summed E-state index contributed by atoms with van der Waals surface area (Å²) < 4.78 is 0. The standard InChI is InChI=1S/C14H17NO4/c16-6-2-4-10-3-1-5-12(7-10)15-9-11(14(18)19)8-13(15)17/h1,3,5,7,11,16H,2,4,6,8-9H2,(H,18,19). The van der Waals surface area contributed by atoms with E-state index in [0.29, 0.717) is 6.42 Å². The molecule has 1 heterocycles. The molecule has 1 amide bonds. The fourth-order valence-electron chi connectivity index (χ4n) is 2.29. The third kappa shape index (κ3) is 3.12. The second kappa shape index (κ2) is 5.84. The summed E-state index contributed by atoms with van der Waals surface area (Å²) in [5, 5.41) is 17.8. The Bertz CT molecular complexity index is 486. The Labute approximate surface area is 111 Å². The van der Waals surface area contributed by atoms with Crippen molar-refractivity contribution < 1.29 is 19.8 Å². The molecule has 1 aromatic rings. The third-order valence-electron chi connectivity index (χ3n) is 3.32. The maximum absolute atomic E-state index is 11.8. The van der Waals surface area contributed by atoms with Gasteiger partial charge in [0.1, 0.15) is 0 Å². The summed E-state index contributed by atoms with van der Waals surface area (Å²) >= 11 is 0. The summed E-state index contributed by atoms with van der Waals surface area (Å²) in [5.74, 6) is -1.69. The average Bonchev–Trinajstić information content (AvgIpc) is 2.79. The van der Waals surface area contributed by atoms with Gasteiger partial charge in [-0.25, -0.2) is 0 Å². The summed E-state index contributed by atoms with van der Waals surface area (Å²) in [4.78, 5) is 24.3. The maximum atomic E-state index is 11.8. The van der Waals surface area contributed by atoms with Crippen molar-refractivity contribution in [3.63, 3.8) is 0 Å². The van der Waals surface area contributed by atoms with Crippen LogP contribution in [0.5, 0.6) is 0 Å². The summed E-state index contributed by atoms with van der Waals surface area (Å²) in [6, 6.07) is 7.49. The number of aliphatic hydroxyl groups excluding tert-OH is 1. The van der Waals surface area contributed by atoms with Gasteiger partial charge in [0.2, 0.25) is 5.91 Å². The molecule has 1 aliphatic heterocycles. The van der Waals surface area contributed by atoms with Gasteiger partial charge in [0.05, 0.1) is 5.92 Å². The van der Waals surface area contributed by atoms with Gasteiger partial charge in [0.15, 0.2) is 0 Å². The van der Waals surface area contributed by atoms with Crippen LogP contribution in [0.25, 0.3) is 0 Å². The van der Waals surface area contributed by atoms with Crippen LogP contribution in [0.3, 0.4) is 0 Å². The molecule has 0 aromatic heterocycles. The van der Waals surface area contributed by atoms with E-state index in [1.165, 1.54) is 4.90 Å². The molecule has 102 valence electrons. The summed E-state index contributed by atoms with van der Waals surface area (Å²) in [5.41, 5.74) is 1.78. The minimum atomic E-state index is -0.924. The van der Waals surface area contributed by atoms with Crippen molar-refractivity contribution in [3.05, 3.63) is 29.8 Å². The highest BCUT2D eigenvalue weighted by molar-refractivity contribution is 5.99. The Morgan fingerprint density at radius 2 is 2.21 bits per heavy atom. The van der Waals surface area contributed by atoms with E-state index in [4.69, 9.17) is 10.2 Å². The lowest BCUT2D eigenvalue weighted by atomic mass is 10.1. The molecule has 1 atom stereocenters. The first-order chi connectivity index (χ1) is 9.11. The monoisotopic (exact) mass is 263 g/mol. The molecule has 5 heteroatoms. The van der Waals surface area contributed by atoms with E-state index >= 15 is 0 Å². The largest absolute Gasteiger partial charge is 0.481 e. The molecule has 1 fully saturated rings. The average molecular weight is 263 g/mol. The molecular weight excluding hydrogens is 246 g/mol. The SMILES string of the molecule is O=C(O)C1CC(=O)N(c2cccc(CCCO)c2)C1. The minimum Gasteiger partial charge on any atom is -0.481 e. The molecule has 1 saturated heterocycles. The zero-order chi connectivity index (χ0) is 13.8. The number of nitrogens with zero attached hydrogens (tertiary/aromatic N) is 1. The fourth-order valence-corrected chi connectivity index (χ4v) is 2.29. The first kappa shape index (κ1) is 13.5. The molecular formula is C14H17NO4. The number of carbonyl (C=O) groups is 2. The van der Waals surface area contributed by atoms with E-state index in [1.807, 2.05) is 24.3 Å². The van der Waals surface area contributed by atoms with E-state index in [9.17, 15) is 9.59 Å². The van der Waals surface area contributed by atoms with Crippen molar-refractivity contribution in [2.75, 3.05) is 18.1 Å². The highest BCUT2D eigenvalue weighted by Crippen LogP contribution is 2.26. The minimum absolute atomic E-state index is 0.0657. The zero-order valence-corrected chi connectivity index (χ0v) is 10.6. The molecule has 1 aliphatic rings. The molecule has 1 aromatic carbocycles. The summed E-state index contributed by atoms with van der Waals surface area (Å²) in [6.45, 7) is 0.367. The summed E-state index contributed by atoms with van der Waals surface area (Å²) in [7, 11) is 0. The van der Waals surface area contributed by atoms with Crippen molar-refractivity contribution in [2.45, 2.75) is 19.3 Å². The Morgan fingerprint density at radius 1 is 1.42 bits per heavy atom. The number of hydrogen-bond acceptors (Lipinski definition) is 3. The number of carboxylic acids is 1. The number of benzene rings is 1. The van der Waals surface area contributed by atoms with Crippen molar-refractivity contribution >= 4 is 17.6 Å². The zero-order valence-electron chi connectivity index (χ0n) is 10.6. The van der Waals surface area contributed by atoms with Gasteiger partial charge in [-0.15, -0.1) is 0 Å². The second-order valence-electron chi connectivity index (χ2n) is 4.74. The molecule has 2 rings (SSSR count). The molecule has 0 saturated carbocycles. The van der Waals surface area contributed by atoms with Crippen molar-refractivity contribution in [2.24, 2.45) is 5.92 Å². The van der Waals surface area contributed by atoms with E-state index < -0.39 is 11.9 Å². The Balaban J connectivity index is 2.13. The number of carbonyl (C=O) groups excluding carboxylic acids is 1. The first-order valence-electron chi connectivity index (χ1n) is 6.35. The number of aliphatic hydroxyl groups is 1. The highest BCUT2D eigenvalue weighted by Gasteiger charge is 2.34. The highest BCUT2D eigenvalue weighted by atomic mass is 16.4. The van der Waals surface area contributed by atoms with Crippen molar-refractivity contribution in [1.29, 1.82) is 0 Å². The molecule has 0 spiro atoms. The molecule has 0 radical (unpaired) electrons. The third-order valence-corrected chi connectivity index (χ3v) is 3.32. The summed E-state index contributed by atoms with van der Waals surface area (Å²) in [6.07, 6.45) is 1.49. The Kier molecular flexibility index (Phi) is 4.16. The molecule has 0 aliphatic carbocycles. The smallest absolute Gasteiger partial charge is 0.308 e. The normalized spacial score (nSPS) is 18.9. The van der Waals surface area contributed by atoms with Gasteiger partial charge in [-0.1, -0.05) is 12.1 Å². The van der Waals surface area contributed by atoms with Crippen LogP contribution >= 0.6 is 0 Å². The van der Waals surface area contributed by atoms with Crippen molar-refractivity contribution in [3.8, 4) is 0 Å². The number of aliphatic carboxylic acids is 1. The number of anilines is 1. The van der Waals surface area contributed by atoms with Gasteiger partial charge in [-0.05, 0) is 30.5 Å². The van der Waals surface area contributed by atoms with Gasteiger partial charge in [-0.3, -0.25) is 9.59 Å². The van der Waals surface area contributed by atoms with Crippen LogP contribution < -0.4 is 4.90 Å². The van der Waals surface area contributed by atoms with Gasteiger partial charge in [0, 0.05) is 25.3 Å². The van der Waals surface area contributed by atoms with Crippen LogP contribution in [0.2, 0.25) is 0 Å². The number of hydrogen-bond donors (Lipinski definition) is 2. The predicted octanol–water partition coefficient (Wildman–Crippen LogP) is 1.05. The van der Waals surface area contributed by atoms with Crippen LogP contribution in [0.4, 0.5) is 5.69 Å². The lowest BCUT2D eigenvalue weighted by Crippen LogP contribution is -2.25. The van der Waals surface area contributed by atoms with Crippen LogP contribution in [-0.2, 0) is 16.0 Å². The van der Waals surface area contributed by atoms with Crippen LogP contribution in [0.1, 0.15) is 18.4 Å². The Morgan fingerprint density at radius 3 is 2.84 bits per heavy atom. The maximum Gasteiger partial charge on any atom is 0.308 e. The van der Waals surface area contributed by atoms with E-state index in [2.05, 4.69) is 0 Å². The fraction of sp³-hybridized carbons (Fsp3) is 0.429. The van der Waals surface area contributed by atoms with Gasteiger partial charge in [0.25, 0.3) is 0 Å². The van der Waals surface area contributed by atoms with Gasteiger partial charge < -0.3 is 15.1 Å². The lowest BCUT2D eigenvalue weighted by Gasteiger charge is -2.17. The lowest BCUT2D eigenvalue weighted by molar-refractivity contribution is -0.141. The molecule has 2 N–H and O–H groups in total. The molecule has 0 bridgehead atoms. The number of aryl methyl sites for hydroxylation is 1. The van der Waals surface area contributed by atoms with E-state index in [1.54, 1.807) is 0 Å². The van der Waals surface area contributed by atoms with Crippen LogP contribution in [-0.4, -0.2) is 35.2 Å². The van der Waals surface area contributed by atoms with Gasteiger partial charge >= 0.3 is 5.97 Å². The Hall–Kier alpha value is -1.88. The first-order valence-corrected chi connectivity index (χ1v) is 6.35. The van der Waals surface area contributed by atoms with E-state index in [-0.39, 0.29) is 25.5 Å². The van der Waals surface area contributed by atoms with Gasteiger partial charge in [-0.2, -0.15) is 0 Å². The second-order valence-corrected chi connectivity index (χ2v) is 4.74. The number of amides is 1. The number of carboxylic acid groups (broad SMARTS) is 1. The van der Waals surface area contributed by atoms with Crippen molar-refractivity contribution in [1.82, 2.24) is 0 Å². The topological polar surface area (TPSA) is 77.8 Å².